The van der Waals surface area contributed by atoms with Gasteiger partial charge in [-0.3, -0.25) is 25.0 Å². The summed E-state index contributed by atoms with van der Waals surface area (Å²) in [5.74, 6) is -0.632. The Kier molecular flexibility index (Phi) is 7.19. The van der Waals surface area contributed by atoms with Crippen LogP contribution >= 0.6 is 0 Å². The summed E-state index contributed by atoms with van der Waals surface area (Å²) in [6.07, 6.45) is 0. The second kappa shape index (κ2) is 10.8. The lowest BCUT2D eigenvalue weighted by Crippen LogP contribution is -2.52. The summed E-state index contributed by atoms with van der Waals surface area (Å²) in [5.41, 5.74) is 2.71. The van der Waals surface area contributed by atoms with E-state index in [-0.39, 0.29) is 12.5 Å². The highest BCUT2D eigenvalue weighted by atomic mass is 16.5. The molecule has 4 N–H and O–H groups in total. The monoisotopic (exact) mass is 555 g/mol. The quantitative estimate of drug-likeness (QED) is 0.344. The second-order valence-electron chi connectivity index (χ2n) is 9.59. The summed E-state index contributed by atoms with van der Waals surface area (Å²) < 4.78 is 5.24. The van der Waals surface area contributed by atoms with Crippen molar-refractivity contribution in [2.24, 2.45) is 0 Å². The number of nitrogens with one attached hydrogen (secondary N) is 4. The van der Waals surface area contributed by atoms with Crippen LogP contribution in [0.2, 0.25) is 0 Å². The first-order valence-electron chi connectivity index (χ1n) is 13.2. The number of imide groups is 2. The van der Waals surface area contributed by atoms with Gasteiger partial charge in [-0.25, -0.2) is 9.59 Å². The molecule has 2 unspecified atom stereocenters. The molecule has 0 saturated carbocycles. The smallest absolute Gasteiger partial charge is 0.322 e. The molecule has 0 spiro atoms. The maximum Gasteiger partial charge on any atom is 0.322 e. The molecule has 41 heavy (non-hydrogen) atoms. The Hall–Kier alpha value is -5.19. The predicted molar refractivity (Wildman–Crippen MR) is 149 cm³/mol. The SMILES string of the molecule is CC.COc1ccc2c(c1)C(=O)N(CC1(c3ccc(-c4ccc(C5NC(=O)NC5=O)cc4)cc3)NC(=O)NC1=O)C2. The molecule has 6 rings (SSSR count). The Balaban J connectivity index is 0.00000165. The average molecular weight is 556 g/mol. The molecule has 3 aromatic carbocycles. The van der Waals surface area contributed by atoms with Crippen molar-refractivity contribution >= 4 is 29.8 Å². The fraction of sp³-hybridized carbons (Fsp3) is 0.233. The molecule has 0 aromatic heterocycles. The molecule has 11 heteroatoms. The van der Waals surface area contributed by atoms with E-state index in [1.54, 1.807) is 41.3 Å². The molecule has 3 aliphatic rings. The molecule has 7 amide bonds. The van der Waals surface area contributed by atoms with E-state index in [0.717, 1.165) is 16.7 Å². The van der Waals surface area contributed by atoms with Gasteiger partial charge in [0.25, 0.3) is 17.7 Å². The number of benzene rings is 3. The molecule has 3 aliphatic heterocycles. The molecule has 210 valence electrons. The molecule has 2 fully saturated rings. The Bertz CT molecular complexity index is 1550. The molecule has 11 nitrogen and oxygen atoms in total. The van der Waals surface area contributed by atoms with Crippen molar-refractivity contribution in [2.45, 2.75) is 32.0 Å². The highest BCUT2D eigenvalue weighted by Gasteiger charge is 2.50. The van der Waals surface area contributed by atoms with Gasteiger partial charge in [0, 0.05) is 12.1 Å². The largest absolute Gasteiger partial charge is 0.497 e. The van der Waals surface area contributed by atoms with Crippen LogP contribution in [0, 0.1) is 0 Å². The van der Waals surface area contributed by atoms with Gasteiger partial charge in [0.15, 0.2) is 5.54 Å². The predicted octanol–water partition coefficient (Wildman–Crippen LogP) is 2.96. The van der Waals surface area contributed by atoms with Crippen LogP contribution in [0.4, 0.5) is 9.59 Å². The van der Waals surface area contributed by atoms with Crippen molar-refractivity contribution in [3.63, 3.8) is 0 Å². The first kappa shape index (κ1) is 27.4. The topological polar surface area (TPSA) is 146 Å². The molecule has 2 atom stereocenters. The van der Waals surface area contributed by atoms with Crippen molar-refractivity contribution in [1.82, 2.24) is 26.2 Å². The van der Waals surface area contributed by atoms with Gasteiger partial charge in [0.05, 0.1) is 13.7 Å². The van der Waals surface area contributed by atoms with Crippen molar-refractivity contribution < 1.29 is 28.7 Å². The standard InChI is InChI=1S/C28H23N5O6.C2H6/c1-39-20-11-8-18-13-33(24(35)21(18)12-20)14-28(25(36)31-27(38)32-28)19-9-6-16(7-10-19)15-2-4-17(5-3-15)22-23(34)30-26(37)29-22;1-2/h2-12,22H,13-14H2,1H3,(H2,29,30,34,37)(H2,31,32,36,38);1-2H3. The van der Waals surface area contributed by atoms with Crippen LogP contribution in [0.5, 0.6) is 5.75 Å². The van der Waals surface area contributed by atoms with Gasteiger partial charge >= 0.3 is 12.1 Å². The fourth-order valence-electron chi connectivity index (χ4n) is 5.25. The third kappa shape index (κ3) is 4.86. The summed E-state index contributed by atoms with van der Waals surface area (Å²) in [4.78, 5) is 63.5. The van der Waals surface area contributed by atoms with Gasteiger partial charge in [-0.15, -0.1) is 0 Å². The molecule has 2 saturated heterocycles. The zero-order valence-corrected chi connectivity index (χ0v) is 22.7. The minimum Gasteiger partial charge on any atom is -0.497 e. The number of ether oxygens (including phenoxy) is 1. The number of carbonyl (C=O) groups excluding carboxylic acids is 5. The first-order valence-corrected chi connectivity index (χ1v) is 13.2. The van der Waals surface area contributed by atoms with Gasteiger partial charge in [-0.05, 0) is 39.9 Å². The number of hydrogen-bond acceptors (Lipinski definition) is 6. The van der Waals surface area contributed by atoms with E-state index < -0.39 is 35.5 Å². The zero-order valence-electron chi connectivity index (χ0n) is 22.7. The van der Waals surface area contributed by atoms with E-state index in [2.05, 4.69) is 21.3 Å². The van der Waals surface area contributed by atoms with Crippen molar-refractivity contribution in [3.05, 3.63) is 89.0 Å². The number of nitrogens with zero attached hydrogens (tertiary/aromatic N) is 1. The minimum atomic E-state index is -1.46. The van der Waals surface area contributed by atoms with Gasteiger partial charge in [0.1, 0.15) is 11.8 Å². The molecule has 0 bridgehead atoms. The van der Waals surface area contributed by atoms with Crippen molar-refractivity contribution in [2.75, 3.05) is 13.7 Å². The highest BCUT2D eigenvalue weighted by molar-refractivity contribution is 6.08. The Morgan fingerprint density at radius 1 is 0.854 bits per heavy atom. The number of methoxy groups -OCH3 is 1. The van der Waals surface area contributed by atoms with Crippen LogP contribution in [-0.2, 0) is 21.7 Å². The average Bonchev–Trinajstić information content (AvgIpc) is 3.60. The Morgan fingerprint density at radius 2 is 1.51 bits per heavy atom. The van der Waals surface area contributed by atoms with Gasteiger partial charge in [-0.2, -0.15) is 0 Å². The summed E-state index contributed by atoms with van der Waals surface area (Å²) >= 11 is 0. The summed E-state index contributed by atoms with van der Waals surface area (Å²) in [6, 6.07) is 17.7. The Labute approximate surface area is 236 Å². The third-order valence-electron chi connectivity index (χ3n) is 7.29. The lowest BCUT2D eigenvalue weighted by Gasteiger charge is -2.31. The number of urea groups is 2. The van der Waals surface area contributed by atoms with E-state index in [0.29, 0.717) is 29.0 Å². The first-order chi connectivity index (χ1) is 19.8. The Morgan fingerprint density at radius 3 is 2.07 bits per heavy atom. The minimum absolute atomic E-state index is 0.0520. The van der Waals surface area contributed by atoms with E-state index in [1.165, 1.54) is 7.11 Å². The second-order valence-corrected chi connectivity index (χ2v) is 9.59. The van der Waals surface area contributed by atoms with Gasteiger partial charge in [-0.1, -0.05) is 68.4 Å². The molecule has 0 radical (unpaired) electrons. The number of hydrogen-bond donors (Lipinski definition) is 4. The summed E-state index contributed by atoms with van der Waals surface area (Å²) in [5, 5.41) is 9.84. The summed E-state index contributed by atoms with van der Waals surface area (Å²) in [7, 11) is 1.53. The van der Waals surface area contributed by atoms with E-state index in [9.17, 15) is 24.0 Å². The zero-order chi connectivity index (χ0) is 29.3. The van der Waals surface area contributed by atoms with Gasteiger partial charge in [0.2, 0.25) is 0 Å². The molecule has 3 heterocycles. The number of carbonyl (C=O) groups is 5. The number of amides is 7. The fourth-order valence-corrected chi connectivity index (χ4v) is 5.25. The van der Waals surface area contributed by atoms with Crippen LogP contribution in [0.25, 0.3) is 11.1 Å². The number of rotatable bonds is 6. The van der Waals surface area contributed by atoms with Crippen LogP contribution < -0.4 is 26.0 Å². The van der Waals surface area contributed by atoms with E-state index in [1.807, 2.05) is 44.2 Å². The molecule has 0 aliphatic carbocycles. The van der Waals surface area contributed by atoms with E-state index in [4.69, 9.17) is 4.74 Å². The van der Waals surface area contributed by atoms with Crippen LogP contribution in [0.3, 0.4) is 0 Å². The molecular formula is C30H29N5O6. The lowest BCUT2D eigenvalue weighted by atomic mass is 9.88. The third-order valence-corrected chi connectivity index (χ3v) is 7.29. The van der Waals surface area contributed by atoms with Crippen molar-refractivity contribution in [3.8, 4) is 16.9 Å². The normalized spacial score (nSPS) is 20.9. The van der Waals surface area contributed by atoms with Crippen LogP contribution in [0.15, 0.2) is 66.7 Å². The highest BCUT2D eigenvalue weighted by Crippen LogP contribution is 2.33. The van der Waals surface area contributed by atoms with Crippen LogP contribution in [0.1, 0.15) is 46.9 Å². The lowest BCUT2D eigenvalue weighted by molar-refractivity contribution is -0.125. The van der Waals surface area contributed by atoms with E-state index >= 15 is 0 Å². The van der Waals surface area contributed by atoms with Crippen molar-refractivity contribution in [1.29, 1.82) is 0 Å². The molecule has 3 aromatic rings. The van der Waals surface area contributed by atoms with Gasteiger partial charge < -0.3 is 20.3 Å². The number of fused-ring (bicyclic) bond motifs is 1. The molecular weight excluding hydrogens is 526 g/mol. The maximum atomic E-state index is 13.2. The van der Waals surface area contributed by atoms with Crippen LogP contribution in [-0.4, -0.2) is 48.3 Å². The maximum absolute atomic E-state index is 13.2. The summed E-state index contributed by atoms with van der Waals surface area (Å²) in [6.45, 7) is 4.25.